The largest absolute Gasteiger partial charge is 0.344 e. The van der Waals surface area contributed by atoms with E-state index >= 15 is 0 Å². The molecule has 0 spiro atoms. The van der Waals surface area contributed by atoms with Crippen molar-refractivity contribution in [2.45, 2.75) is 57.9 Å². The monoisotopic (exact) mass is 268 g/mol. The summed E-state index contributed by atoms with van der Waals surface area (Å²) in [5.74, 6) is 1.01. The number of H-pyrrole nitrogens is 1. The number of aromatic nitrogens is 3. The number of hydrogen-bond acceptors (Lipinski definition) is 3. The van der Waals surface area contributed by atoms with Crippen LogP contribution in [0.2, 0.25) is 0 Å². The Balaban J connectivity index is 2.17. The summed E-state index contributed by atoms with van der Waals surface area (Å²) in [6.07, 6.45) is 8.87. The summed E-state index contributed by atoms with van der Waals surface area (Å²) in [6.45, 7) is 3.26. The van der Waals surface area contributed by atoms with Gasteiger partial charge in [0.1, 0.15) is 0 Å². The van der Waals surface area contributed by atoms with Crippen molar-refractivity contribution >= 4 is 18.2 Å². The molecular formula is C13H24N4S. The van der Waals surface area contributed by atoms with Gasteiger partial charge in [-0.25, -0.2) is 5.10 Å². The molecule has 0 aromatic carbocycles. The van der Waals surface area contributed by atoms with Crippen LogP contribution in [0.3, 0.4) is 0 Å². The Labute approximate surface area is 114 Å². The van der Waals surface area contributed by atoms with Crippen LogP contribution in [0.25, 0.3) is 0 Å². The second kappa shape index (κ2) is 6.36. The molecule has 1 heterocycles. The second-order valence-corrected chi connectivity index (χ2v) is 5.65. The molecule has 1 aromatic heterocycles. The molecule has 5 heteroatoms. The Morgan fingerprint density at radius 2 is 2.11 bits per heavy atom. The van der Waals surface area contributed by atoms with Gasteiger partial charge in [0.05, 0.1) is 0 Å². The zero-order valence-corrected chi connectivity index (χ0v) is 12.3. The molecule has 1 aromatic rings. The first-order valence-electron chi connectivity index (χ1n) is 7.12. The maximum atomic E-state index is 5.40. The van der Waals surface area contributed by atoms with Gasteiger partial charge >= 0.3 is 0 Å². The number of nitrogens with one attached hydrogen (secondary N) is 1. The van der Waals surface area contributed by atoms with Gasteiger partial charge in [-0.3, -0.25) is 4.57 Å². The van der Waals surface area contributed by atoms with Crippen molar-refractivity contribution in [3.05, 3.63) is 4.77 Å². The molecule has 0 saturated heterocycles. The van der Waals surface area contributed by atoms with Gasteiger partial charge in [-0.2, -0.15) is 0 Å². The van der Waals surface area contributed by atoms with Crippen molar-refractivity contribution in [1.82, 2.24) is 14.8 Å². The van der Waals surface area contributed by atoms with E-state index in [9.17, 15) is 0 Å². The van der Waals surface area contributed by atoms with Gasteiger partial charge in [-0.1, -0.05) is 32.6 Å². The minimum absolute atomic E-state index is 0.545. The van der Waals surface area contributed by atoms with Crippen LogP contribution in [0.1, 0.15) is 57.9 Å². The van der Waals surface area contributed by atoms with Crippen LogP contribution in [-0.4, -0.2) is 28.4 Å². The molecule has 102 valence electrons. The first-order valence-corrected chi connectivity index (χ1v) is 7.53. The Hall–Kier alpha value is -0.840. The maximum Gasteiger partial charge on any atom is 0.225 e. The summed E-state index contributed by atoms with van der Waals surface area (Å²) in [5.41, 5.74) is 0. The Kier molecular flexibility index (Phi) is 4.80. The smallest absolute Gasteiger partial charge is 0.225 e. The quantitative estimate of drug-likeness (QED) is 0.828. The van der Waals surface area contributed by atoms with Crippen LogP contribution >= 0.6 is 12.2 Å². The molecule has 0 atom stereocenters. The third-order valence-electron chi connectivity index (χ3n) is 3.81. The van der Waals surface area contributed by atoms with Gasteiger partial charge in [0, 0.05) is 19.6 Å². The van der Waals surface area contributed by atoms with E-state index in [0.29, 0.717) is 6.04 Å². The Morgan fingerprint density at radius 3 is 2.78 bits per heavy atom. The fourth-order valence-electron chi connectivity index (χ4n) is 2.73. The van der Waals surface area contributed by atoms with Gasteiger partial charge < -0.3 is 4.90 Å². The summed E-state index contributed by atoms with van der Waals surface area (Å²) in [4.78, 5) is 2.23. The van der Waals surface area contributed by atoms with E-state index in [1.165, 1.54) is 44.9 Å². The van der Waals surface area contributed by atoms with E-state index in [1.807, 2.05) is 0 Å². The molecule has 1 aliphatic rings. The van der Waals surface area contributed by atoms with Gasteiger partial charge in [0.2, 0.25) is 5.95 Å². The minimum atomic E-state index is 0.545. The highest BCUT2D eigenvalue weighted by molar-refractivity contribution is 7.71. The van der Waals surface area contributed by atoms with Crippen LogP contribution in [0.5, 0.6) is 0 Å². The average Bonchev–Trinajstić information content (AvgIpc) is 2.79. The molecule has 0 unspecified atom stereocenters. The van der Waals surface area contributed by atoms with E-state index in [2.05, 4.69) is 33.6 Å². The van der Waals surface area contributed by atoms with Crippen molar-refractivity contribution in [2.24, 2.45) is 0 Å². The summed E-state index contributed by atoms with van der Waals surface area (Å²) < 4.78 is 3.02. The Bertz CT molecular complexity index is 417. The lowest BCUT2D eigenvalue weighted by Gasteiger charge is -2.27. The molecule has 0 amide bonds. The van der Waals surface area contributed by atoms with Gasteiger partial charge in [0.15, 0.2) is 4.77 Å². The maximum absolute atomic E-state index is 5.40. The lowest BCUT2D eigenvalue weighted by Crippen LogP contribution is -2.25. The van der Waals surface area contributed by atoms with Crippen LogP contribution in [0.4, 0.5) is 5.95 Å². The first kappa shape index (κ1) is 13.6. The molecule has 1 aliphatic carbocycles. The summed E-state index contributed by atoms with van der Waals surface area (Å²) in [6, 6.07) is 0.545. The van der Waals surface area contributed by atoms with Crippen molar-refractivity contribution in [3.63, 3.8) is 0 Å². The third-order valence-corrected chi connectivity index (χ3v) is 4.10. The summed E-state index contributed by atoms with van der Waals surface area (Å²) in [5, 5.41) is 7.38. The molecule has 0 radical (unpaired) electrons. The van der Waals surface area contributed by atoms with E-state index in [1.54, 1.807) is 0 Å². The predicted octanol–water partition coefficient (Wildman–Crippen LogP) is 3.68. The molecule has 18 heavy (non-hydrogen) atoms. The highest BCUT2D eigenvalue weighted by Crippen LogP contribution is 2.31. The fraction of sp³-hybridized carbons (Fsp3) is 0.846. The van der Waals surface area contributed by atoms with Crippen LogP contribution in [0.15, 0.2) is 0 Å². The zero-order chi connectivity index (χ0) is 13.0. The van der Waals surface area contributed by atoms with Gasteiger partial charge in [-0.15, -0.1) is 5.10 Å². The van der Waals surface area contributed by atoms with Gasteiger partial charge in [-0.05, 0) is 31.5 Å². The van der Waals surface area contributed by atoms with Crippen LogP contribution < -0.4 is 4.90 Å². The Morgan fingerprint density at radius 1 is 1.39 bits per heavy atom. The summed E-state index contributed by atoms with van der Waals surface area (Å²) in [7, 11) is 2.11. The molecule has 0 aliphatic heterocycles. The summed E-state index contributed by atoms with van der Waals surface area (Å²) >= 11 is 5.40. The first-order chi connectivity index (χ1) is 8.74. The van der Waals surface area contributed by atoms with Crippen molar-refractivity contribution in [1.29, 1.82) is 0 Å². The average molecular weight is 268 g/mol. The van der Waals surface area contributed by atoms with E-state index < -0.39 is 0 Å². The van der Waals surface area contributed by atoms with E-state index in [4.69, 9.17) is 12.2 Å². The number of hydrogen-bond donors (Lipinski definition) is 1. The number of anilines is 1. The van der Waals surface area contributed by atoms with E-state index in [-0.39, 0.29) is 0 Å². The normalized spacial score (nSPS) is 17.0. The molecule has 1 fully saturated rings. The molecule has 2 rings (SSSR count). The van der Waals surface area contributed by atoms with Gasteiger partial charge in [0.25, 0.3) is 0 Å². The number of aromatic amines is 1. The second-order valence-electron chi connectivity index (χ2n) is 5.27. The molecule has 0 bridgehead atoms. The third kappa shape index (κ3) is 2.94. The number of nitrogens with zero attached hydrogens (tertiary/aromatic N) is 3. The SMILES string of the molecule is CCCCN(C)c1n[nH]c(=S)n1C1CCCCC1. The number of unbranched alkanes of at least 4 members (excludes halogenated alkanes) is 1. The standard InChI is InChI=1S/C13H24N4S/c1-3-4-10-16(2)12-14-15-13(18)17(12)11-8-6-5-7-9-11/h11H,3-10H2,1-2H3,(H,15,18). The highest BCUT2D eigenvalue weighted by atomic mass is 32.1. The van der Waals surface area contributed by atoms with E-state index in [0.717, 1.165) is 17.3 Å². The lowest BCUT2D eigenvalue weighted by molar-refractivity contribution is 0.350. The fourth-order valence-corrected chi connectivity index (χ4v) is 3.01. The van der Waals surface area contributed by atoms with Crippen LogP contribution in [0, 0.1) is 4.77 Å². The molecular weight excluding hydrogens is 244 g/mol. The number of rotatable bonds is 5. The van der Waals surface area contributed by atoms with Crippen molar-refractivity contribution in [3.8, 4) is 0 Å². The lowest BCUT2D eigenvalue weighted by atomic mass is 9.95. The topological polar surface area (TPSA) is 36.9 Å². The molecule has 1 saturated carbocycles. The zero-order valence-electron chi connectivity index (χ0n) is 11.5. The predicted molar refractivity (Wildman–Crippen MR) is 77.7 cm³/mol. The molecule has 4 nitrogen and oxygen atoms in total. The highest BCUT2D eigenvalue weighted by Gasteiger charge is 2.21. The minimum Gasteiger partial charge on any atom is -0.344 e. The van der Waals surface area contributed by atoms with Crippen LogP contribution in [-0.2, 0) is 0 Å². The van der Waals surface area contributed by atoms with Crippen molar-refractivity contribution in [2.75, 3.05) is 18.5 Å². The van der Waals surface area contributed by atoms with Crippen molar-refractivity contribution < 1.29 is 0 Å². The molecule has 1 N–H and O–H groups in total.